The number of carboxylic acid groups (broad SMARTS) is 2. The van der Waals surface area contributed by atoms with Gasteiger partial charge >= 0.3 is 6.16 Å². The Morgan fingerprint density at radius 3 is 0.759 bits per heavy atom. The maximum Gasteiger partial charge on any atom is 0.503 e. The van der Waals surface area contributed by atoms with Crippen LogP contribution in [-0.2, 0) is 72.3 Å². The molecule has 0 saturated heterocycles. The number of hydrogen-bond acceptors (Lipinski definition) is 11. The Bertz CT molecular complexity index is 1130. The molecule has 8 bridgehead atoms. The first kappa shape index (κ1) is 51.5. The second-order valence-electron chi connectivity index (χ2n) is 12.5. The Kier molecular flexibility index (Phi) is 32.3. The molecule has 0 radical (unpaired) electrons. The number of nitrogens with zero attached hydrogens (tertiary/aromatic N) is 2. The van der Waals surface area contributed by atoms with Crippen LogP contribution >= 0.6 is 0 Å². The van der Waals surface area contributed by atoms with Crippen molar-refractivity contribution in [1.29, 1.82) is 0 Å². The fourth-order valence-electron chi connectivity index (χ4n) is 6.04. The number of carbonyl (C=O) groups is 1. The van der Waals surface area contributed by atoms with Crippen LogP contribution in [0.4, 0.5) is 4.79 Å². The van der Waals surface area contributed by atoms with E-state index in [1.807, 2.05) is 0 Å². The molecule has 0 unspecified atom stereocenters. The molecule has 0 aromatic heterocycles. The number of aliphatic hydroxyl groups excluding tert-OH is 2. The molecule has 3 heterocycles. The van der Waals surface area contributed by atoms with E-state index in [0.717, 1.165) is 132 Å². The van der Waals surface area contributed by atoms with E-state index in [2.05, 4.69) is 114 Å². The number of nitrogens with one attached hydrogen (secondary N) is 6. The Morgan fingerprint density at radius 1 is 0.426 bits per heavy atom. The van der Waals surface area contributed by atoms with Gasteiger partial charge in [0.1, 0.15) is 0 Å². The van der Waals surface area contributed by atoms with Gasteiger partial charge < -0.3 is 52.3 Å². The summed E-state index contributed by atoms with van der Waals surface area (Å²) >= 11 is 0. The zero-order valence-electron chi connectivity index (χ0n) is 31.9. The predicted molar refractivity (Wildman–Crippen MR) is 209 cm³/mol. The summed E-state index contributed by atoms with van der Waals surface area (Å²) in [6, 6.07) is 27.0. The van der Waals surface area contributed by atoms with Gasteiger partial charge in [0.2, 0.25) is 0 Å². The van der Waals surface area contributed by atoms with Gasteiger partial charge in [-0.2, -0.15) is 0 Å². The van der Waals surface area contributed by atoms with Crippen molar-refractivity contribution in [2.24, 2.45) is 0 Å². The molecule has 0 atom stereocenters. The van der Waals surface area contributed by atoms with Gasteiger partial charge in [-0.05, 0) is 33.4 Å². The largest absolute Gasteiger partial charge is 0.503 e. The van der Waals surface area contributed by atoms with Crippen LogP contribution in [0.2, 0.25) is 0 Å². The molecule has 3 aromatic carbocycles. The molecule has 3 aliphatic rings. The number of rotatable bonds is 0. The first-order chi connectivity index (χ1) is 25.5. The van der Waals surface area contributed by atoms with Crippen LogP contribution in [0.1, 0.15) is 33.4 Å². The topological polar surface area (TPSA) is 177 Å². The van der Waals surface area contributed by atoms with E-state index >= 15 is 0 Å². The first-order valence-electron chi connectivity index (χ1n) is 18.3. The SMILES string of the molecule is CO.CO.O=C(O)O.[Ni].[Ni].c1cc2cc(c1)CNCCN1CCNCc3cccc(c3)CNCCN(CCNC2)CCNCc2cccc(c2)CNCC1. The molecule has 3 aromatic rings. The van der Waals surface area contributed by atoms with Gasteiger partial charge in [-0.15, -0.1) is 0 Å². The quantitative estimate of drug-likeness (QED) is 0.148. The van der Waals surface area contributed by atoms with Crippen molar-refractivity contribution in [3.05, 3.63) is 106 Å². The number of aliphatic hydroxyl groups is 2. The van der Waals surface area contributed by atoms with E-state index in [-0.39, 0.29) is 33.0 Å². The summed E-state index contributed by atoms with van der Waals surface area (Å²) in [6.45, 7) is 17.4. The monoisotopic (exact) mass is 840 g/mol. The van der Waals surface area contributed by atoms with Crippen molar-refractivity contribution in [2.75, 3.05) is 92.8 Å². The van der Waals surface area contributed by atoms with Crippen LogP contribution in [0.5, 0.6) is 0 Å². The Labute approximate surface area is 342 Å². The van der Waals surface area contributed by atoms with E-state index in [1.54, 1.807) is 0 Å². The van der Waals surface area contributed by atoms with Crippen molar-refractivity contribution in [1.82, 2.24) is 41.7 Å². The molecule has 15 heteroatoms. The van der Waals surface area contributed by atoms with E-state index in [9.17, 15) is 0 Å². The van der Waals surface area contributed by atoms with E-state index < -0.39 is 6.16 Å². The minimum Gasteiger partial charge on any atom is -0.450 e. The smallest absolute Gasteiger partial charge is 0.450 e. The van der Waals surface area contributed by atoms with Crippen LogP contribution in [0.15, 0.2) is 72.8 Å². The second-order valence-corrected chi connectivity index (χ2v) is 12.5. The van der Waals surface area contributed by atoms with E-state index in [4.69, 9.17) is 25.2 Å². The standard InChI is InChI=1S/C36H54N8.CH2O3.2CH4O.2Ni/c1-4-31-22-32(5-1)26-38-11-17-44-19-13-40-28-34-7-2-6-33(23-34)27-39-12-18-43(16-10-37-25-31)20-14-41-29-35-8-3-9-36(24-35)30-42-15-21-44;2-1(3)4;2*1-2;;/h1-9,22-24,37-42H,10-21,25-30H2;(H2,2,3,4);2*2H,1H3;;. The average Bonchev–Trinajstić information content (AvgIpc) is 3.16. The fourth-order valence-corrected chi connectivity index (χ4v) is 6.04. The first-order valence-corrected chi connectivity index (χ1v) is 18.3. The second kappa shape index (κ2) is 33.8. The maximum absolute atomic E-state index is 8.56. The third kappa shape index (κ3) is 24.1. The summed E-state index contributed by atoms with van der Waals surface area (Å²) in [5, 5.41) is 50.2. The molecular formula is C39H64N8Ni2O5. The van der Waals surface area contributed by atoms with Crippen molar-refractivity contribution >= 4 is 6.16 Å². The summed E-state index contributed by atoms with van der Waals surface area (Å²) in [4.78, 5) is 13.7. The van der Waals surface area contributed by atoms with Gasteiger partial charge in [0, 0.05) is 165 Å². The molecule has 0 fully saturated rings. The molecule has 3 aliphatic heterocycles. The molecule has 13 nitrogen and oxygen atoms in total. The van der Waals surface area contributed by atoms with Gasteiger partial charge in [0.05, 0.1) is 0 Å². The van der Waals surface area contributed by atoms with Gasteiger partial charge in [0.25, 0.3) is 0 Å². The summed E-state index contributed by atoms with van der Waals surface area (Å²) in [5.41, 5.74) is 8.12. The Morgan fingerprint density at radius 2 is 0.593 bits per heavy atom. The summed E-state index contributed by atoms with van der Waals surface area (Å²) in [7, 11) is 2.00. The van der Waals surface area contributed by atoms with Gasteiger partial charge in [0.15, 0.2) is 0 Å². The molecule has 10 N–H and O–H groups in total. The van der Waals surface area contributed by atoms with Crippen LogP contribution in [0.3, 0.4) is 0 Å². The summed E-state index contributed by atoms with van der Waals surface area (Å²) < 4.78 is 0. The molecule has 0 saturated carbocycles. The van der Waals surface area contributed by atoms with Gasteiger partial charge in [-0.1, -0.05) is 72.8 Å². The minimum atomic E-state index is -1.83. The van der Waals surface area contributed by atoms with E-state index in [1.165, 1.54) is 33.4 Å². The molecule has 0 aliphatic carbocycles. The van der Waals surface area contributed by atoms with Gasteiger partial charge in [-0.25, -0.2) is 4.79 Å². The van der Waals surface area contributed by atoms with Crippen molar-refractivity contribution in [3.8, 4) is 0 Å². The molecule has 54 heavy (non-hydrogen) atoms. The zero-order valence-corrected chi connectivity index (χ0v) is 33.9. The van der Waals surface area contributed by atoms with Crippen molar-refractivity contribution in [2.45, 2.75) is 39.3 Å². The van der Waals surface area contributed by atoms with Crippen LogP contribution in [-0.4, -0.2) is 129 Å². The molecule has 6 rings (SSSR count). The summed E-state index contributed by atoms with van der Waals surface area (Å²) in [6.07, 6.45) is -1.83. The van der Waals surface area contributed by atoms with Gasteiger partial charge in [-0.3, -0.25) is 9.80 Å². The molecular weight excluding hydrogens is 778 g/mol. The van der Waals surface area contributed by atoms with Crippen LogP contribution in [0.25, 0.3) is 0 Å². The average molecular weight is 842 g/mol. The third-order valence-electron chi connectivity index (χ3n) is 8.58. The number of benzene rings is 3. The third-order valence-corrected chi connectivity index (χ3v) is 8.58. The minimum absolute atomic E-state index is 0. The molecule has 0 amide bonds. The van der Waals surface area contributed by atoms with E-state index in [0.29, 0.717) is 0 Å². The fraction of sp³-hybridized carbons (Fsp3) is 0.513. The predicted octanol–water partition coefficient (Wildman–Crippen LogP) is 1.69. The van der Waals surface area contributed by atoms with Crippen LogP contribution in [0, 0.1) is 0 Å². The zero-order chi connectivity index (χ0) is 37.7. The maximum atomic E-state index is 8.56. The number of hydrogen-bond donors (Lipinski definition) is 10. The molecule has 0 spiro atoms. The Balaban J connectivity index is 0.00000260. The Hall–Kier alpha value is -2.48. The van der Waals surface area contributed by atoms with Crippen molar-refractivity contribution in [3.63, 3.8) is 0 Å². The normalized spacial score (nSPS) is 19.1. The van der Waals surface area contributed by atoms with Crippen LogP contribution < -0.4 is 31.9 Å². The van der Waals surface area contributed by atoms with Crippen molar-refractivity contribution < 1.29 is 58.2 Å². The number of fused-ring (bicyclic) bond motifs is 18. The molecule has 310 valence electrons. The summed E-state index contributed by atoms with van der Waals surface area (Å²) in [5.74, 6) is 0.